The van der Waals surface area contributed by atoms with Gasteiger partial charge in [-0.1, -0.05) is 41.4 Å². The van der Waals surface area contributed by atoms with E-state index in [2.05, 4.69) is 10.3 Å². The van der Waals surface area contributed by atoms with Crippen molar-refractivity contribution in [1.29, 1.82) is 0 Å². The van der Waals surface area contributed by atoms with Gasteiger partial charge in [0.15, 0.2) is 5.82 Å². The van der Waals surface area contributed by atoms with E-state index in [1.54, 1.807) is 0 Å². The lowest BCUT2D eigenvalue weighted by Gasteiger charge is -2.10. The predicted molar refractivity (Wildman–Crippen MR) is 93.3 cm³/mol. The van der Waals surface area contributed by atoms with E-state index in [0.717, 1.165) is 5.56 Å². The van der Waals surface area contributed by atoms with Crippen LogP contribution in [0.25, 0.3) is 5.69 Å². The molecule has 0 fully saturated rings. The standard InChI is InChI=1S/C18H15ClFN3O/c1-12-2-4-13(5-3-12)11-22-17-18(24)23(9-8-21-17)14-6-7-16(20)15(19)10-14/h2-10H,11H2,1H3,(H,21,22). The normalized spacial score (nSPS) is 10.6. The van der Waals surface area contributed by atoms with Gasteiger partial charge in [-0.3, -0.25) is 9.36 Å². The van der Waals surface area contributed by atoms with Crippen molar-refractivity contribution in [1.82, 2.24) is 9.55 Å². The van der Waals surface area contributed by atoms with Crippen LogP contribution in [0.3, 0.4) is 0 Å². The van der Waals surface area contributed by atoms with Crippen molar-refractivity contribution in [3.63, 3.8) is 0 Å². The average molecular weight is 344 g/mol. The van der Waals surface area contributed by atoms with Crippen molar-refractivity contribution in [2.45, 2.75) is 13.5 Å². The first kappa shape index (κ1) is 16.2. The number of aryl methyl sites for hydroxylation is 1. The summed E-state index contributed by atoms with van der Waals surface area (Å²) in [5, 5.41) is 3.00. The molecule has 0 saturated carbocycles. The maximum Gasteiger partial charge on any atom is 0.297 e. The van der Waals surface area contributed by atoms with E-state index in [9.17, 15) is 9.18 Å². The molecule has 0 unspecified atom stereocenters. The molecular formula is C18H15ClFN3O. The van der Waals surface area contributed by atoms with E-state index in [1.165, 1.54) is 40.7 Å². The number of hydrogen-bond acceptors (Lipinski definition) is 3. The van der Waals surface area contributed by atoms with Crippen molar-refractivity contribution >= 4 is 17.4 Å². The highest BCUT2D eigenvalue weighted by molar-refractivity contribution is 6.30. The third-order valence-electron chi connectivity index (χ3n) is 3.60. The number of aromatic nitrogens is 2. The van der Waals surface area contributed by atoms with Crippen LogP contribution in [0.1, 0.15) is 11.1 Å². The fourth-order valence-corrected chi connectivity index (χ4v) is 2.44. The van der Waals surface area contributed by atoms with Gasteiger partial charge in [0.2, 0.25) is 0 Å². The first-order chi connectivity index (χ1) is 11.5. The van der Waals surface area contributed by atoms with Crippen molar-refractivity contribution in [3.8, 4) is 5.69 Å². The number of nitrogens with zero attached hydrogens (tertiary/aromatic N) is 2. The van der Waals surface area contributed by atoms with Gasteiger partial charge in [-0.15, -0.1) is 0 Å². The van der Waals surface area contributed by atoms with Crippen LogP contribution in [-0.4, -0.2) is 9.55 Å². The van der Waals surface area contributed by atoms with Crippen molar-refractivity contribution in [2.75, 3.05) is 5.32 Å². The number of rotatable bonds is 4. The van der Waals surface area contributed by atoms with Gasteiger partial charge in [-0.25, -0.2) is 9.37 Å². The zero-order valence-electron chi connectivity index (χ0n) is 13.0. The van der Waals surface area contributed by atoms with Crippen molar-refractivity contribution < 1.29 is 4.39 Å². The van der Waals surface area contributed by atoms with E-state index in [4.69, 9.17) is 11.6 Å². The highest BCUT2D eigenvalue weighted by Gasteiger charge is 2.08. The van der Waals surface area contributed by atoms with Gasteiger partial charge >= 0.3 is 0 Å². The summed E-state index contributed by atoms with van der Waals surface area (Å²) in [6, 6.07) is 12.1. The van der Waals surface area contributed by atoms with E-state index >= 15 is 0 Å². The molecule has 2 aromatic carbocycles. The maximum absolute atomic E-state index is 13.3. The van der Waals surface area contributed by atoms with E-state index in [1.807, 2.05) is 31.2 Å². The van der Waals surface area contributed by atoms with Crippen LogP contribution in [0.4, 0.5) is 10.2 Å². The molecule has 0 aliphatic carbocycles. The highest BCUT2D eigenvalue weighted by atomic mass is 35.5. The topological polar surface area (TPSA) is 46.9 Å². The van der Waals surface area contributed by atoms with Crippen LogP contribution in [0.15, 0.2) is 59.7 Å². The average Bonchev–Trinajstić information content (AvgIpc) is 2.58. The molecule has 6 heteroatoms. The van der Waals surface area contributed by atoms with Crippen molar-refractivity contribution in [3.05, 3.63) is 87.2 Å². The zero-order chi connectivity index (χ0) is 17.1. The van der Waals surface area contributed by atoms with Crippen LogP contribution in [0.5, 0.6) is 0 Å². The Labute approximate surface area is 143 Å². The third-order valence-corrected chi connectivity index (χ3v) is 3.89. The van der Waals surface area contributed by atoms with E-state index in [-0.39, 0.29) is 16.4 Å². The molecule has 0 spiro atoms. The number of benzene rings is 2. The number of hydrogen-bond donors (Lipinski definition) is 1. The lowest BCUT2D eigenvalue weighted by Crippen LogP contribution is -2.23. The minimum Gasteiger partial charge on any atom is -0.361 e. The summed E-state index contributed by atoms with van der Waals surface area (Å²) in [5.41, 5.74) is 2.37. The molecule has 0 aliphatic heterocycles. The molecule has 4 nitrogen and oxygen atoms in total. The minimum atomic E-state index is -0.528. The molecule has 0 saturated heterocycles. The molecule has 0 aliphatic rings. The summed E-state index contributed by atoms with van der Waals surface area (Å²) >= 11 is 5.79. The summed E-state index contributed by atoms with van der Waals surface area (Å²) in [6.45, 7) is 2.50. The lowest BCUT2D eigenvalue weighted by atomic mass is 10.1. The summed E-state index contributed by atoms with van der Waals surface area (Å²) in [6.07, 6.45) is 3.03. The minimum absolute atomic E-state index is 0.0367. The van der Waals surface area contributed by atoms with Crippen LogP contribution >= 0.6 is 11.6 Å². The fraction of sp³-hybridized carbons (Fsp3) is 0.111. The second kappa shape index (κ2) is 6.84. The second-order valence-corrected chi connectivity index (χ2v) is 5.80. The third kappa shape index (κ3) is 3.46. The Hall–Kier alpha value is -2.66. The molecule has 24 heavy (non-hydrogen) atoms. The quantitative estimate of drug-likeness (QED) is 0.780. The SMILES string of the molecule is Cc1ccc(CNc2nccn(-c3ccc(F)c(Cl)c3)c2=O)cc1. The molecule has 1 aromatic heterocycles. The Kier molecular flexibility index (Phi) is 4.62. The molecule has 122 valence electrons. The van der Waals surface area contributed by atoms with E-state index in [0.29, 0.717) is 12.2 Å². The van der Waals surface area contributed by atoms with Gasteiger partial charge < -0.3 is 5.32 Å². The summed E-state index contributed by atoms with van der Waals surface area (Å²) in [7, 11) is 0. The largest absolute Gasteiger partial charge is 0.361 e. The fourth-order valence-electron chi connectivity index (χ4n) is 2.26. The van der Waals surface area contributed by atoms with Gasteiger partial charge in [0.25, 0.3) is 5.56 Å². The maximum atomic E-state index is 13.3. The smallest absolute Gasteiger partial charge is 0.297 e. The number of anilines is 1. The monoisotopic (exact) mass is 343 g/mol. The number of halogens is 2. The van der Waals surface area contributed by atoms with Gasteiger partial charge in [0, 0.05) is 18.9 Å². The highest BCUT2D eigenvalue weighted by Crippen LogP contribution is 2.18. The Bertz CT molecular complexity index is 922. The molecule has 1 heterocycles. The first-order valence-corrected chi connectivity index (χ1v) is 7.75. The summed E-state index contributed by atoms with van der Waals surface area (Å²) < 4.78 is 14.7. The summed E-state index contributed by atoms with van der Waals surface area (Å²) in [5.74, 6) is -0.307. The predicted octanol–water partition coefficient (Wildman–Crippen LogP) is 3.95. The van der Waals surface area contributed by atoms with Crippen LogP contribution in [0, 0.1) is 12.7 Å². The molecule has 0 amide bonds. The number of nitrogens with one attached hydrogen (secondary N) is 1. The molecule has 0 atom stereocenters. The Morgan fingerprint density at radius 1 is 1.21 bits per heavy atom. The molecule has 1 N–H and O–H groups in total. The molecule has 3 aromatic rings. The Morgan fingerprint density at radius 2 is 1.96 bits per heavy atom. The Balaban J connectivity index is 1.86. The first-order valence-electron chi connectivity index (χ1n) is 7.37. The molecular weight excluding hydrogens is 329 g/mol. The Morgan fingerprint density at radius 3 is 2.67 bits per heavy atom. The van der Waals surface area contributed by atoms with Crippen LogP contribution < -0.4 is 10.9 Å². The molecule has 0 radical (unpaired) electrons. The zero-order valence-corrected chi connectivity index (χ0v) is 13.7. The lowest BCUT2D eigenvalue weighted by molar-refractivity contribution is 0.627. The summed E-state index contributed by atoms with van der Waals surface area (Å²) in [4.78, 5) is 16.6. The van der Waals surface area contributed by atoms with E-state index < -0.39 is 5.82 Å². The van der Waals surface area contributed by atoms with Crippen LogP contribution in [0.2, 0.25) is 5.02 Å². The molecule has 3 rings (SSSR count). The van der Waals surface area contributed by atoms with Gasteiger partial charge in [-0.2, -0.15) is 0 Å². The second-order valence-electron chi connectivity index (χ2n) is 5.39. The van der Waals surface area contributed by atoms with Crippen LogP contribution in [-0.2, 0) is 6.54 Å². The molecule has 0 bridgehead atoms. The van der Waals surface area contributed by atoms with Gasteiger partial charge in [-0.05, 0) is 30.7 Å². The van der Waals surface area contributed by atoms with Gasteiger partial charge in [0.05, 0.1) is 10.7 Å². The van der Waals surface area contributed by atoms with Gasteiger partial charge in [0.1, 0.15) is 5.82 Å². The van der Waals surface area contributed by atoms with Crippen molar-refractivity contribution in [2.24, 2.45) is 0 Å².